The predicted octanol–water partition coefficient (Wildman–Crippen LogP) is 3.29. The third-order valence-electron chi connectivity index (χ3n) is 5.74. The highest BCUT2D eigenvalue weighted by Crippen LogP contribution is 2.63. The van der Waals surface area contributed by atoms with E-state index in [2.05, 4.69) is 30.0 Å². The first-order chi connectivity index (χ1) is 10.7. The SMILES string of the molecule is CCCCCCN1C[C@@H]2[C@H](C1)C2(COC)c1cccc(N)c1. The Bertz CT molecular complexity index is 490. The minimum atomic E-state index is 0.226. The fourth-order valence-corrected chi connectivity index (χ4v) is 4.55. The molecule has 0 bridgehead atoms. The fourth-order valence-electron chi connectivity index (χ4n) is 4.55. The number of methoxy groups -OCH3 is 1. The van der Waals surface area contributed by atoms with Crippen molar-refractivity contribution in [3.05, 3.63) is 29.8 Å². The van der Waals surface area contributed by atoms with Crippen LogP contribution < -0.4 is 5.73 Å². The maximum atomic E-state index is 6.00. The summed E-state index contributed by atoms with van der Waals surface area (Å²) in [4.78, 5) is 2.66. The van der Waals surface area contributed by atoms with Crippen LogP contribution in [0, 0.1) is 11.8 Å². The quantitative estimate of drug-likeness (QED) is 0.591. The van der Waals surface area contributed by atoms with Crippen LogP contribution in [-0.2, 0) is 10.2 Å². The highest BCUT2D eigenvalue weighted by atomic mass is 16.5. The first-order valence-electron chi connectivity index (χ1n) is 8.79. The second-order valence-electron chi connectivity index (χ2n) is 7.13. The Morgan fingerprint density at radius 3 is 2.64 bits per heavy atom. The van der Waals surface area contributed by atoms with Gasteiger partial charge < -0.3 is 15.4 Å². The number of hydrogen-bond acceptors (Lipinski definition) is 3. The van der Waals surface area contributed by atoms with Crippen LogP contribution in [0.3, 0.4) is 0 Å². The molecule has 2 fully saturated rings. The van der Waals surface area contributed by atoms with Crippen LogP contribution in [0.4, 0.5) is 5.69 Å². The van der Waals surface area contributed by atoms with Gasteiger partial charge in [0.25, 0.3) is 0 Å². The number of anilines is 1. The maximum Gasteiger partial charge on any atom is 0.0565 e. The van der Waals surface area contributed by atoms with Crippen molar-refractivity contribution >= 4 is 5.69 Å². The Morgan fingerprint density at radius 1 is 1.23 bits per heavy atom. The number of hydrogen-bond donors (Lipinski definition) is 1. The minimum Gasteiger partial charge on any atom is -0.399 e. The zero-order chi connectivity index (χ0) is 15.6. The molecule has 3 heteroatoms. The minimum absolute atomic E-state index is 0.226. The van der Waals surface area contributed by atoms with E-state index in [1.165, 1.54) is 50.9 Å². The zero-order valence-electron chi connectivity index (χ0n) is 14.1. The van der Waals surface area contributed by atoms with Crippen molar-refractivity contribution < 1.29 is 4.74 Å². The maximum absolute atomic E-state index is 6.00. The fraction of sp³-hybridized carbons (Fsp3) is 0.684. The lowest BCUT2D eigenvalue weighted by atomic mass is 9.90. The molecular weight excluding hydrogens is 272 g/mol. The van der Waals surface area contributed by atoms with Crippen molar-refractivity contribution in [2.24, 2.45) is 11.8 Å². The highest BCUT2D eigenvalue weighted by molar-refractivity contribution is 5.48. The lowest BCUT2D eigenvalue weighted by Crippen LogP contribution is -2.33. The monoisotopic (exact) mass is 302 g/mol. The van der Waals surface area contributed by atoms with Crippen LogP contribution in [0.25, 0.3) is 0 Å². The van der Waals surface area contributed by atoms with E-state index in [1.807, 2.05) is 13.2 Å². The van der Waals surface area contributed by atoms with Crippen LogP contribution in [0.5, 0.6) is 0 Å². The topological polar surface area (TPSA) is 38.5 Å². The first-order valence-corrected chi connectivity index (χ1v) is 8.79. The average molecular weight is 302 g/mol. The van der Waals surface area contributed by atoms with Gasteiger partial charge in [0, 0.05) is 31.3 Å². The number of nitrogen functional groups attached to an aromatic ring is 1. The Hall–Kier alpha value is -1.06. The summed E-state index contributed by atoms with van der Waals surface area (Å²) in [5, 5.41) is 0. The van der Waals surface area contributed by atoms with E-state index in [0.717, 1.165) is 24.1 Å². The molecule has 1 saturated heterocycles. The Kier molecular flexibility index (Phi) is 4.74. The summed E-state index contributed by atoms with van der Waals surface area (Å²) in [5.41, 5.74) is 8.48. The number of fused-ring (bicyclic) bond motifs is 1. The van der Waals surface area contributed by atoms with Crippen molar-refractivity contribution in [2.75, 3.05) is 39.1 Å². The molecule has 1 saturated carbocycles. The lowest BCUT2D eigenvalue weighted by molar-refractivity contribution is 0.142. The summed E-state index contributed by atoms with van der Waals surface area (Å²) in [6, 6.07) is 8.45. The van der Waals surface area contributed by atoms with Crippen molar-refractivity contribution in [3.8, 4) is 0 Å². The van der Waals surface area contributed by atoms with Crippen LogP contribution in [0.1, 0.15) is 38.2 Å². The van der Waals surface area contributed by atoms with Gasteiger partial charge in [-0.3, -0.25) is 0 Å². The molecule has 1 aromatic rings. The standard InChI is InChI=1S/C19H30N2O/c1-3-4-5-6-10-21-12-17-18(13-21)19(17,14-22-2)15-8-7-9-16(20)11-15/h7-9,11,17-18H,3-6,10,12-14,20H2,1-2H3/t17-,18+,19?. The average Bonchev–Trinajstić information content (AvgIpc) is 2.90. The third kappa shape index (κ3) is 2.77. The molecule has 1 heterocycles. The molecule has 3 atom stereocenters. The molecule has 0 amide bonds. The highest BCUT2D eigenvalue weighted by Gasteiger charge is 2.68. The second kappa shape index (κ2) is 6.59. The van der Waals surface area contributed by atoms with Gasteiger partial charge >= 0.3 is 0 Å². The molecule has 3 rings (SSSR count). The van der Waals surface area contributed by atoms with Gasteiger partial charge in [-0.25, -0.2) is 0 Å². The smallest absolute Gasteiger partial charge is 0.0565 e. The van der Waals surface area contributed by atoms with Gasteiger partial charge in [-0.05, 0) is 42.5 Å². The molecule has 1 aliphatic heterocycles. The molecule has 1 unspecified atom stereocenters. The molecule has 0 radical (unpaired) electrons. The molecule has 1 aromatic carbocycles. The Morgan fingerprint density at radius 2 is 2.00 bits per heavy atom. The number of rotatable bonds is 8. The summed E-state index contributed by atoms with van der Waals surface area (Å²) in [7, 11) is 1.82. The van der Waals surface area contributed by atoms with Crippen molar-refractivity contribution in [2.45, 2.75) is 38.0 Å². The van der Waals surface area contributed by atoms with Gasteiger partial charge in [-0.15, -0.1) is 0 Å². The third-order valence-corrected chi connectivity index (χ3v) is 5.74. The number of piperidine rings is 1. The van der Waals surface area contributed by atoms with Crippen LogP contribution in [0.2, 0.25) is 0 Å². The first kappa shape index (κ1) is 15.8. The summed E-state index contributed by atoms with van der Waals surface area (Å²) in [5.74, 6) is 1.50. The van der Waals surface area contributed by atoms with E-state index in [4.69, 9.17) is 10.5 Å². The summed E-state index contributed by atoms with van der Waals surface area (Å²) >= 11 is 0. The zero-order valence-corrected chi connectivity index (χ0v) is 14.1. The van der Waals surface area contributed by atoms with E-state index in [9.17, 15) is 0 Å². The van der Waals surface area contributed by atoms with Gasteiger partial charge in [-0.2, -0.15) is 0 Å². The van der Waals surface area contributed by atoms with E-state index in [-0.39, 0.29) is 5.41 Å². The normalized spacial score (nSPS) is 30.5. The van der Waals surface area contributed by atoms with Crippen LogP contribution in [0.15, 0.2) is 24.3 Å². The second-order valence-corrected chi connectivity index (χ2v) is 7.13. The number of nitrogens with zero attached hydrogens (tertiary/aromatic N) is 1. The molecule has 22 heavy (non-hydrogen) atoms. The molecule has 1 aliphatic carbocycles. The van der Waals surface area contributed by atoms with Gasteiger partial charge in [0.1, 0.15) is 0 Å². The summed E-state index contributed by atoms with van der Waals surface area (Å²) < 4.78 is 5.59. The van der Waals surface area contributed by atoms with Crippen molar-refractivity contribution in [3.63, 3.8) is 0 Å². The molecule has 0 spiro atoms. The molecule has 0 aromatic heterocycles. The van der Waals surface area contributed by atoms with Gasteiger partial charge in [0.15, 0.2) is 0 Å². The van der Waals surface area contributed by atoms with Gasteiger partial charge in [0.2, 0.25) is 0 Å². The number of nitrogens with two attached hydrogens (primary N) is 1. The van der Waals surface area contributed by atoms with Crippen LogP contribution >= 0.6 is 0 Å². The molecular formula is C19H30N2O. The number of likely N-dealkylation sites (tertiary alicyclic amines) is 1. The largest absolute Gasteiger partial charge is 0.399 e. The van der Waals surface area contributed by atoms with Crippen molar-refractivity contribution in [1.82, 2.24) is 4.90 Å². The Balaban J connectivity index is 1.61. The molecule has 2 N–H and O–H groups in total. The van der Waals surface area contributed by atoms with E-state index < -0.39 is 0 Å². The van der Waals surface area contributed by atoms with E-state index >= 15 is 0 Å². The summed E-state index contributed by atoms with van der Waals surface area (Å²) in [6.45, 7) is 6.84. The van der Waals surface area contributed by atoms with Crippen LogP contribution in [-0.4, -0.2) is 38.3 Å². The molecule has 122 valence electrons. The van der Waals surface area contributed by atoms with Crippen molar-refractivity contribution in [1.29, 1.82) is 0 Å². The predicted molar refractivity (Wildman–Crippen MR) is 92.0 cm³/mol. The number of unbranched alkanes of at least 4 members (excludes halogenated alkanes) is 3. The van der Waals surface area contributed by atoms with E-state index in [1.54, 1.807) is 0 Å². The summed E-state index contributed by atoms with van der Waals surface area (Å²) in [6.07, 6.45) is 5.42. The molecule has 2 aliphatic rings. The molecule has 3 nitrogen and oxygen atoms in total. The van der Waals surface area contributed by atoms with Gasteiger partial charge in [-0.1, -0.05) is 38.3 Å². The van der Waals surface area contributed by atoms with Gasteiger partial charge in [0.05, 0.1) is 6.61 Å². The number of benzene rings is 1. The van der Waals surface area contributed by atoms with E-state index in [0.29, 0.717) is 0 Å². The number of ether oxygens (including phenoxy) is 1. The lowest BCUT2D eigenvalue weighted by Gasteiger charge is -2.27. The Labute approximate surface area is 134 Å².